The molecule has 1 amide bonds. The molecule has 0 saturated heterocycles. The molecule has 6 nitrogen and oxygen atoms in total. The Morgan fingerprint density at radius 3 is 2.12 bits per heavy atom. The molecule has 0 fully saturated rings. The predicted molar refractivity (Wildman–Crippen MR) is 115 cm³/mol. The van der Waals surface area contributed by atoms with Crippen molar-refractivity contribution in [2.75, 3.05) is 11.1 Å². The summed E-state index contributed by atoms with van der Waals surface area (Å²) in [5.74, 6) is -0.747. The summed E-state index contributed by atoms with van der Waals surface area (Å²) >= 11 is 5.77. The van der Waals surface area contributed by atoms with Crippen LogP contribution in [0.4, 0.5) is 42.1 Å². The molecule has 0 aliphatic carbocycles. The summed E-state index contributed by atoms with van der Waals surface area (Å²) in [6.07, 6.45) is -11.4. The topological polar surface area (TPSA) is 85.8 Å². The molecule has 1 aromatic heterocycles. The van der Waals surface area contributed by atoms with Crippen LogP contribution in [0.1, 0.15) is 22.3 Å². The molecule has 0 bridgehead atoms. The zero-order valence-electron chi connectivity index (χ0n) is 16.5. The van der Waals surface area contributed by atoms with Gasteiger partial charge in [0.2, 0.25) is 5.67 Å². The zero-order valence-corrected chi connectivity index (χ0v) is 19.6. The van der Waals surface area contributed by atoms with Gasteiger partial charge in [0.15, 0.2) is 0 Å². The van der Waals surface area contributed by atoms with Gasteiger partial charge in [0.1, 0.15) is 12.7 Å². The minimum Gasteiger partial charge on any atom is -0.397 e. The van der Waals surface area contributed by atoms with Gasteiger partial charge in [-0.1, -0.05) is 0 Å². The molecule has 1 heterocycles. The van der Waals surface area contributed by atoms with E-state index in [4.69, 9.17) is 5.73 Å². The van der Waals surface area contributed by atoms with Gasteiger partial charge in [-0.2, -0.15) is 31.4 Å². The van der Waals surface area contributed by atoms with Crippen LogP contribution in [-0.2, 0) is 5.67 Å². The summed E-state index contributed by atoms with van der Waals surface area (Å²) in [5.41, 5.74) is 0.439. The van der Waals surface area contributed by atoms with Crippen molar-refractivity contribution in [3.63, 3.8) is 0 Å². The third-order valence-corrected chi connectivity index (χ3v) is 5.84. The van der Waals surface area contributed by atoms with Crippen molar-refractivity contribution in [3.05, 3.63) is 63.1 Å². The molecule has 3 rings (SSSR count). The number of alkyl halides is 7. The lowest BCUT2D eigenvalue weighted by atomic mass is 9.91. The number of halogens is 9. The molecule has 15 heteroatoms. The molecule has 1 unspecified atom stereocenters. The average molecular weight is 619 g/mol. The van der Waals surface area contributed by atoms with Crippen LogP contribution in [0.3, 0.4) is 0 Å². The minimum atomic E-state index is -5.85. The number of nitrogen functional groups attached to an aromatic ring is 1. The van der Waals surface area contributed by atoms with E-state index in [-0.39, 0.29) is 25.9 Å². The maximum atomic E-state index is 14.7. The smallest absolute Gasteiger partial charge is 0.397 e. The van der Waals surface area contributed by atoms with Gasteiger partial charge < -0.3 is 11.1 Å². The van der Waals surface area contributed by atoms with E-state index in [2.05, 4.69) is 47.3 Å². The SMILES string of the molecule is Nc1cc(C(=O)Nc2c(Br)cc(C(F)(CC(F)(F)F)C(F)(F)F)cc2Br)ccc1-n1cncn1. The average Bonchev–Trinajstić information content (AvgIpc) is 3.22. The molecular weight excluding hydrogens is 607 g/mol. The molecule has 0 saturated carbocycles. The highest BCUT2D eigenvalue weighted by molar-refractivity contribution is 9.11. The van der Waals surface area contributed by atoms with Crippen LogP contribution >= 0.6 is 31.9 Å². The standard InChI is InChI=1S/C19H12Br2F7N5O/c20-11-4-10(17(22,19(26,27)28)6-18(23,24)25)5-12(21)15(11)32-16(34)9-1-2-14(13(29)3-9)33-8-30-7-31-33/h1-5,7-8H,6,29H2,(H,32,34). The Labute approximate surface area is 203 Å². The highest BCUT2D eigenvalue weighted by Crippen LogP contribution is 2.51. The fourth-order valence-electron chi connectivity index (χ4n) is 2.99. The number of hydrogen-bond acceptors (Lipinski definition) is 4. The van der Waals surface area contributed by atoms with E-state index in [1.807, 2.05) is 0 Å². The van der Waals surface area contributed by atoms with Gasteiger partial charge in [0.25, 0.3) is 5.91 Å². The monoisotopic (exact) mass is 617 g/mol. The summed E-state index contributed by atoms with van der Waals surface area (Å²) in [7, 11) is 0. The molecule has 3 N–H and O–H groups in total. The number of nitrogens with one attached hydrogen (secondary N) is 1. The van der Waals surface area contributed by atoms with Crippen LogP contribution < -0.4 is 11.1 Å². The third kappa shape index (κ3) is 5.35. The highest BCUT2D eigenvalue weighted by Gasteiger charge is 2.62. The molecule has 1 atom stereocenters. The fraction of sp³-hybridized carbons (Fsp3) is 0.211. The fourth-order valence-corrected chi connectivity index (χ4v) is 4.37. The Bertz CT molecular complexity index is 1190. The van der Waals surface area contributed by atoms with Crippen LogP contribution in [0.2, 0.25) is 0 Å². The molecule has 182 valence electrons. The van der Waals surface area contributed by atoms with Crippen molar-refractivity contribution in [3.8, 4) is 5.69 Å². The van der Waals surface area contributed by atoms with Crippen molar-refractivity contribution in [2.24, 2.45) is 0 Å². The molecule has 0 aliphatic heterocycles. The van der Waals surface area contributed by atoms with Crippen LogP contribution in [-0.4, -0.2) is 33.0 Å². The first kappa shape index (κ1) is 25.9. The van der Waals surface area contributed by atoms with Gasteiger partial charge in [-0.05, 0) is 62.2 Å². The van der Waals surface area contributed by atoms with Crippen LogP contribution in [0.5, 0.6) is 0 Å². The largest absolute Gasteiger partial charge is 0.427 e. The molecule has 0 radical (unpaired) electrons. The summed E-state index contributed by atoms with van der Waals surface area (Å²) in [5, 5.41) is 6.30. The van der Waals surface area contributed by atoms with Crippen molar-refractivity contribution in [2.45, 2.75) is 24.4 Å². The zero-order chi connectivity index (χ0) is 25.5. The van der Waals surface area contributed by atoms with Crippen molar-refractivity contribution in [1.82, 2.24) is 14.8 Å². The maximum Gasteiger partial charge on any atom is 0.427 e. The van der Waals surface area contributed by atoms with E-state index in [1.165, 1.54) is 35.5 Å². The highest BCUT2D eigenvalue weighted by atomic mass is 79.9. The number of nitrogens with two attached hydrogens (primary N) is 1. The van der Waals surface area contributed by atoms with Crippen LogP contribution in [0.15, 0.2) is 51.9 Å². The lowest BCUT2D eigenvalue weighted by molar-refractivity contribution is -0.273. The van der Waals surface area contributed by atoms with E-state index < -0.39 is 35.9 Å². The van der Waals surface area contributed by atoms with Gasteiger partial charge in [0.05, 0.1) is 23.5 Å². The van der Waals surface area contributed by atoms with E-state index >= 15 is 0 Å². The number of rotatable bonds is 5. The molecule has 0 aliphatic rings. The lowest BCUT2D eigenvalue weighted by Gasteiger charge is -2.30. The number of carbonyl (C=O) groups is 1. The summed E-state index contributed by atoms with van der Waals surface area (Å²) in [4.78, 5) is 16.4. The number of amides is 1. The molecule has 34 heavy (non-hydrogen) atoms. The van der Waals surface area contributed by atoms with Crippen molar-refractivity contribution < 1.29 is 35.5 Å². The van der Waals surface area contributed by atoms with E-state index in [0.717, 1.165) is 0 Å². The van der Waals surface area contributed by atoms with Crippen LogP contribution in [0.25, 0.3) is 5.69 Å². The Morgan fingerprint density at radius 1 is 1.03 bits per heavy atom. The number of hydrogen-bond donors (Lipinski definition) is 2. The first-order chi connectivity index (χ1) is 15.6. The molecule has 3 aromatic rings. The first-order valence-corrected chi connectivity index (χ1v) is 10.6. The van der Waals surface area contributed by atoms with Gasteiger partial charge in [-0.3, -0.25) is 4.79 Å². The van der Waals surface area contributed by atoms with Gasteiger partial charge in [-0.15, -0.1) is 0 Å². The second kappa shape index (κ2) is 9.17. The lowest BCUT2D eigenvalue weighted by Crippen LogP contribution is -2.42. The van der Waals surface area contributed by atoms with E-state index in [9.17, 15) is 35.5 Å². The van der Waals surface area contributed by atoms with Crippen molar-refractivity contribution in [1.29, 1.82) is 0 Å². The van der Waals surface area contributed by atoms with Gasteiger partial charge in [-0.25, -0.2) is 14.1 Å². The summed E-state index contributed by atoms with van der Waals surface area (Å²) in [6.45, 7) is 0. The summed E-state index contributed by atoms with van der Waals surface area (Å²) < 4.78 is 93.6. The summed E-state index contributed by atoms with van der Waals surface area (Å²) in [6, 6.07) is 5.23. The van der Waals surface area contributed by atoms with E-state index in [0.29, 0.717) is 17.8 Å². The van der Waals surface area contributed by atoms with Crippen LogP contribution in [0, 0.1) is 0 Å². The normalized spacial score (nSPS) is 14.0. The quantitative estimate of drug-likeness (QED) is 0.259. The maximum absolute atomic E-state index is 14.7. The predicted octanol–water partition coefficient (Wildman–Crippen LogP) is 6.31. The third-order valence-electron chi connectivity index (χ3n) is 4.59. The Balaban J connectivity index is 1.92. The Morgan fingerprint density at radius 2 is 1.65 bits per heavy atom. The Hall–Kier alpha value is -2.68. The Kier molecular flexibility index (Phi) is 6.99. The number of nitrogens with zero attached hydrogens (tertiary/aromatic N) is 3. The van der Waals surface area contributed by atoms with E-state index in [1.54, 1.807) is 0 Å². The number of benzene rings is 2. The van der Waals surface area contributed by atoms with Gasteiger partial charge >= 0.3 is 12.4 Å². The molecule has 0 spiro atoms. The van der Waals surface area contributed by atoms with Gasteiger partial charge in [0, 0.05) is 20.1 Å². The second-order valence-corrected chi connectivity index (χ2v) is 8.68. The van der Waals surface area contributed by atoms with Crippen molar-refractivity contribution >= 4 is 49.1 Å². The number of anilines is 2. The number of carbonyl (C=O) groups excluding carboxylic acids is 1. The molecular formula is C19H12Br2F7N5O. The second-order valence-electron chi connectivity index (χ2n) is 6.97. The number of aromatic nitrogens is 3. The minimum absolute atomic E-state index is 0.0523. The molecule has 2 aromatic carbocycles. The first-order valence-electron chi connectivity index (χ1n) is 9.00.